The summed E-state index contributed by atoms with van der Waals surface area (Å²) in [5, 5.41) is 0. The van der Waals surface area contributed by atoms with E-state index in [9.17, 15) is 8.42 Å². The van der Waals surface area contributed by atoms with Gasteiger partial charge in [0.05, 0.1) is 16.8 Å². The first-order chi connectivity index (χ1) is 11.3. The van der Waals surface area contributed by atoms with Crippen molar-refractivity contribution in [3.63, 3.8) is 0 Å². The van der Waals surface area contributed by atoms with Crippen molar-refractivity contribution in [3.05, 3.63) is 47.2 Å². The molecule has 0 radical (unpaired) electrons. The zero-order chi connectivity index (χ0) is 17.9. The fourth-order valence-electron chi connectivity index (χ4n) is 2.98. The van der Waals surface area contributed by atoms with Gasteiger partial charge in [-0.3, -0.25) is 4.72 Å². The van der Waals surface area contributed by atoms with Gasteiger partial charge >= 0.3 is 0 Å². The minimum absolute atomic E-state index is 0.334. The van der Waals surface area contributed by atoms with Gasteiger partial charge in [-0.05, 0) is 57.9 Å². The Morgan fingerprint density at radius 1 is 1.04 bits per heavy atom. The fraction of sp³-hybridized carbons (Fsp3) is 0.389. The summed E-state index contributed by atoms with van der Waals surface area (Å²) >= 11 is 0. The molecular weight excluding hydrogens is 322 g/mol. The maximum Gasteiger partial charge on any atom is 0.262 e. The molecule has 5 nitrogen and oxygen atoms in total. The van der Waals surface area contributed by atoms with Gasteiger partial charge in [-0.15, -0.1) is 0 Å². The molecule has 1 aromatic heterocycles. The molecule has 1 aromatic carbocycles. The van der Waals surface area contributed by atoms with E-state index in [1.807, 2.05) is 39.0 Å². The lowest BCUT2D eigenvalue weighted by atomic mass is 10.1. The van der Waals surface area contributed by atoms with Crippen molar-refractivity contribution in [1.29, 1.82) is 0 Å². The summed E-state index contributed by atoms with van der Waals surface area (Å²) < 4.78 is 28.1. The summed E-state index contributed by atoms with van der Waals surface area (Å²) in [7, 11) is -3.64. The quantitative estimate of drug-likeness (QED) is 0.866. The number of sulfonamides is 1. The average molecular weight is 347 g/mol. The Morgan fingerprint density at radius 3 is 2.08 bits per heavy atom. The standard InChI is InChI=1S/C18H25N3O2S/c1-6-21(7-2)17-9-8-16(12-19-17)20-24(22,23)18-14(4)10-13(3)11-15(18)5/h8-12,20H,6-7H2,1-5H3. The molecule has 1 heterocycles. The van der Waals surface area contributed by atoms with Crippen molar-refractivity contribution in [2.45, 2.75) is 39.5 Å². The summed E-state index contributed by atoms with van der Waals surface area (Å²) in [4.78, 5) is 6.79. The Labute approximate surface area is 144 Å². The Bertz CT molecular complexity index is 788. The minimum atomic E-state index is -3.64. The highest BCUT2D eigenvalue weighted by molar-refractivity contribution is 7.92. The number of rotatable bonds is 6. The SMILES string of the molecule is CCN(CC)c1ccc(NS(=O)(=O)c2c(C)cc(C)cc2C)cn1. The maximum absolute atomic E-state index is 12.7. The van der Waals surface area contributed by atoms with Gasteiger partial charge in [0.15, 0.2) is 0 Å². The highest BCUT2D eigenvalue weighted by atomic mass is 32.2. The van der Waals surface area contributed by atoms with Crippen LogP contribution in [0.15, 0.2) is 35.4 Å². The molecule has 0 atom stereocenters. The largest absolute Gasteiger partial charge is 0.357 e. The third-order valence-electron chi connectivity index (χ3n) is 3.96. The Balaban J connectivity index is 2.30. The molecule has 0 spiro atoms. The van der Waals surface area contributed by atoms with Crippen LogP contribution in [0.25, 0.3) is 0 Å². The van der Waals surface area contributed by atoms with Crippen LogP contribution in [0, 0.1) is 20.8 Å². The molecule has 0 amide bonds. The summed E-state index contributed by atoms with van der Waals surface area (Å²) in [6.45, 7) is 11.4. The van der Waals surface area contributed by atoms with Crippen LogP contribution in [0.3, 0.4) is 0 Å². The number of nitrogens with one attached hydrogen (secondary N) is 1. The Kier molecular flexibility index (Phi) is 5.49. The van der Waals surface area contributed by atoms with Crippen molar-refractivity contribution < 1.29 is 8.42 Å². The second kappa shape index (κ2) is 7.21. The molecule has 1 N–H and O–H groups in total. The van der Waals surface area contributed by atoms with Gasteiger partial charge in [0.1, 0.15) is 5.82 Å². The number of aryl methyl sites for hydroxylation is 3. The van der Waals surface area contributed by atoms with Crippen LogP contribution in [0.2, 0.25) is 0 Å². The highest BCUT2D eigenvalue weighted by Crippen LogP contribution is 2.24. The van der Waals surface area contributed by atoms with Gasteiger partial charge in [-0.1, -0.05) is 17.7 Å². The molecule has 0 unspecified atom stereocenters. The van der Waals surface area contributed by atoms with Crippen LogP contribution in [0.5, 0.6) is 0 Å². The predicted octanol–water partition coefficient (Wildman–Crippen LogP) is 3.65. The summed E-state index contributed by atoms with van der Waals surface area (Å²) in [6.07, 6.45) is 1.56. The lowest BCUT2D eigenvalue weighted by molar-refractivity contribution is 0.600. The molecule has 130 valence electrons. The number of hydrogen-bond acceptors (Lipinski definition) is 4. The van der Waals surface area contributed by atoms with E-state index in [-0.39, 0.29) is 0 Å². The van der Waals surface area contributed by atoms with Crippen LogP contribution in [-0.4, -0.2) is 26.5 Å². The molecule has 0 saturated heterocycles. The molecule has 0 bridgehead atoms. The Hall–Kier alpha value is -2.08. The van der Waals surface area contributed by atoms with Crippen LogP contribution < -0.4 is 9.62 Å². The van der Waals surface area contributed by atoms with Gasteiger partial charge in [0.2, 0.25) is 0 Å². The van der Waals surface area contributed by atoms with Crippen LogP contribution >= 0.6 is 0 Å². The van der Waals surface area contributed by atoms with Crippen LogP contribution in [0.1, 0.15) is 30.5 Å². The monoisotopic (exact) mass is 347 g/mol. The van der Waals surface area contributed by atoms with Gasteiger partial charge < -0.3 is 4.90 Å². The third-order valence-corrected chi connectivity index (χ3v) is 5.65. The number of benzene rings is 1. The molecule has 0 fully saturated rings. The lowest BCUT2D eigenvalue weighted by Crippen LogP contribution is -2.23. The third kappa shape index (κ3) is 3.87. The molecular formula is C18H25N3O2S. The van der Waals surface area contributed by atoms with Gasteiger partial charge in [0, 0.05) is 13.1 Å². The highest BCUT2D eigenvalue weighted by Gasteiger charge is 2.20. The molecule has 6 heteroatoms. The predicted molar refractivity (Wildman–Crippen MR) is 99.3 cm³/mol. The number of pyridine rings is 1. The molecule has 24 heavy (non-hydrogen) atoms. The van der Waals surface area contributed by atoms with E-state index in [0.717, 1.165) is 35.6 Å². The number of nitrogens with zero attached hydrogens (tertiary/aromatic N) is 2. The zero-order valence-corrected chi connectivity index (χ0v) is 15.7. The molecule has 0 aliphatic heterocycles. The van der Waals surface area contributed by atoms with E-state index in [4.69, 9.17) is 0 Å². The van der Waals surface area contributed by atoms with Gasteiger partial charge in [0.25, 0.3) is 10.0 Å². The van der Waals surface area contributed by atoms with Crippen LogP contribution in [0.4, 0.5) is 11.5 Å². The maximum atomic E-state index is 12.7. The first kappa shape index (κ1) is 18.3. The number of aromatic nitrogens is 1. The van der Waals surface area contributed by atoms with Crippen molar-refractivity contribution >= 4 is 21.5 Å². The second-order valence-electron chi connectivity index (χ2n) is 5.91. The van der Waals surface area contributed by atoms with E-state index in [0.29, 0.717) is 10.6 Å². The van der Waals surface area contributed by atoms with Gasteiger partial charge in [-0.2, -0.15) is 0 Å². The summed E-state index contributed by atoms with van der Waals surface area (Å²) in [6, 6.07) is 7.34. The van der Waals surface area contributed by atoms with E-state index < -0.39 is 10.0 Å². The molecule has 0 aliphatic rings. The van der Waals surface area contributed by atoms with Crippen molar-refractivity contribution in [2.24, 2.45) is 0 Å². The molecule has 0 aliphatic carbocycles. The van der Waals surface area contributed by atoms with E-state index in [2.05, 4.69) is 28.5 Å². The zero-order valence-electron chi connectivity index (χ0n) is 14.9. The van der Waals surface area contributed by atoms with E-state index >= 15 is 0 Å². The summed E-state index contributed by atoms with van der Waals surface area (Å²) in [5.74, 6) is 0.839. The van der Waals surface area contributed by atoms with Crippen molar-refractivity contribution in [3.8, 4) is 0 Å². The van der Waals surface area contributed by atoms with Crippen LogP contribution in [-0.2, 0) is 10.0 Å². The lowest BCUT2D eigenvalue weighted by Gasteiger charge is -2.20. The van der Waals surface area contributed by atoms with Gasteiger partial charge in [-0.25, -0.2) is 13.4 Å². The molecule has 2 rings (SSSR count). The number of anilines is 2. The summed E-state index contributed by atoms with van der Waals surface area (Å²) in [5.41, 5.74) is 3.00. The number of hydrogen-bond donors (Lipinski definition) is 1. The molecule has 0 saturated carbocycles. The second-order valence-corrected chi connectivity index (χ2v) is 7.53. The molecule has 2 aromatic rings. The normalized spacial score (nSPS) is 11.4. The van der Waals surface area contributed by atoms with E-state index in [1.54, 1.807) is 12.3 Å². The fourth-order valence-corrected chi connectivity index (χ4v) is 4.48. The Morgan fingerprint density at radius 2 is 1.62 bits per heavy atom. The van der Waals surface area contributed by atoms with Crippen molar-refractivity contribution in [1.82, 2.24) is 4.98 Å². The first-order valence-electron chi connectivity index (χ1n) is 8.10. The average Bonchev–Trinajstić information content (AvgIpc) is 2.48. The first-order valence-corrected chi connectivity index (χ1v) is 9.58. The topological polar surface area (TPSA) is 62.3 Å². The van der Waals surface area contributed by atoms with E-state index in [1.165, 1.54) is 0 Å². The minimum Gasteiger partial charge on any atom is -0.357 e. The smallest absolute Gasteiger partial charge is 0.262 e. The van der Waals surface area contributed by atoms with Crippen molar-refractivity contribution in [2.75, 3.05) is 22.7 Å².